The third kappa shape index (κ3) is 5.60. The van der Waals surface area contributed by atoms with Crippen LogP contribution in [-0.2, 0) is 11.3 Å². The van der Waals surface area contributed by atoms with Crippen molar-refractivity contribution in [2.24, 2.45) is 0 Å². The van der Waals surface area contributed by atoms with Crippen LogP contribution >= 0.6 is 0 Å². The number of amides is 2. The largest absolute Gasteiger partial charge is 0.376 e. The van der Waals surface area contributed by atoms with Gasteiger partial charge in [0.2, 0.25) is 5.91 Å². The van der Waals surface area contributed by atoms with Gasteiger partial charge >= 0.3 is 0 Å². The summed E-state index contributed by atoms with van der Waals surface area (Å²) < 4.78 is 40.3. The number of hydrogen-bond donors (Lipinski definition) is 3. The molecule has 0 heterocycles. The quantitative estimate of drug-likeness (QED) is 0.547. The van der Waals surface area contributed by atoms with E-state index >= 15 is 0 Å². The van der Waals surface area contributed by atoms with Crippen LogP contribution in [0.3, 0.4) is 0 Å². The second kappa shape index (κ2) is 9.60. The first-order valence-electron chi connectivity index (χ1n) is 9.03. The first-order valence-corrected chi connectivity index (χ1v) is 9.03. The fraction of sp³-hybridized carbons (Fsp3) is 0.0909. The molecule has 154 valence electrons. The second-order valence-electron chi connectivity index (χ2n) is 6.38. The molecule has 0 aliphatic heterocycles. The zero-order valence-electron chi connectivity index (χ0n) is 15.7. The molecule has 0 bridgehead atoms. The topological polar surface area (TPSA) is 70.2 Å². The minimum absolute atomic E-state index is 0.0579. The highest BCUT2D eigenvalue weighted by molar-refractivity contribution is 5.95. The predicted molar refractivity (Wildman–Crippen MR) is 107 cm³/mol. The van der Waals surface area contributed by atoms with Gasteiger partial charge in [0, 0.05) is 29.4 Å². The lowest BCUT2D eigenvalue weighted by molar-refractivity contribution is -0.114. The number of rotatable bonds is 7. The van der Waals surface area contributed by atoms with Crippen molar-refractivity contribution >= 4 is 23.2 Å². The van der Waals surface area contributed by atoms with Crippen LogP contribution < -0.4 is 16.0 Å². The van der Waals surface area contributed by atoms with Crippen LogP contribution in [0.1, 0.15) is 15.9 Å². The van der Waals surface area contributed by atoms with E-state index in [-0.39, 0.29) is 24.7 Å². The summed E-state index contributed by atoms with van der Waals surface area (Å²) in [5.74, 6) is -2.73. The maximum atomic E-state index is 13.6. The van der Waals surface area contributed by atoms with Gasteiger partial charge in [0.25, 0.3) is 5.91 Å². The zero-order valence-corrected chi connectivity index (χ0v) is 15.7. The van der Waals surface area contributed by atoms with E-state index in [1.807, 2.05) is 0 Å². The van der Waals surface area contributed by atoms with Crippen LogP contribution in [0.2, 0.25) is 0 Å². The first kappa shape index (κ1) is 20.9. The average Bonchev–Trinajstić information content (AvgIpc) is 2.74. The number of nitrogens with one attached hydrogen (secondary N) is 3. The van der Waals surface area contributed by atoms with Gasteiger partial charge in [-0.15, -0.1) is 0 Å². The third-order valence-corrected chi connectivity index (χ3v) is 4.20. The standard InChI is InChI=1S/C22H18F3N3O2/c23-16-7-10-19(25)20(11-16)28-21(29)13-26-17-8-5-14(6-9-17)22(30)27-12-15-3-1-2-4-18(15)24/h1-11,26H,12-13H2,(H,27,30)(H,28,29). The smallest absolute Gasteiger partial charge is 0.251 e. The second-order valence-corrected chi connectivity index (χ2v) is 6.38. The molecule has 30 heavy (non-hydrogen) atoms. The normalized spacial score (nSPS) is 10.4. The highest BCUT2D eigenvalue weighted by atomic mass is 19.1. The molecule has 8 heteroatoms. The Labute approximate surface area is 170 Å². The van der Waals surface area contributed by atoms with Crippen LogP contribution in [0.4, 0.5) is 24.5 Å². The predicted octanol–water partition coefficient (Wildman–Crippen LogP) is 4.08. The van der Waals surface area contributed by atoms with Gasteiger partial charge in [0.05, 0.1) is 12.2 Å². The van der Waals surface area contributed by atoms with E-state index < -0.39 is 23.4 Å². The molecular weight excluding hydrogens is 395 g/mol. The molecule has 3 rings (SSSR count). The van der Waals surface area contributed by atoms with E-state index in [1.54, 1.807) is 42.5 Å². The van der Waals surface area contributed by atoms with Crippen molar-refractivity contribution < 1.29 is 22.8 Å². The van der Waals surface area contributed by atoms with E-state index in [9.17, 15) is 22.8 Å². The van der Waals surface area contributed by atoms with Crippen molar-refractivity contribution in [3.63, 3.8) is 0 Å². The molecule has 3 aromatic carbocycles. The van der Waals surface area contributed by atoms with Gasteiger partial charge in [0.1, 0.15) is 17.5 Å². The van der Waals surface area contributed by atoms with Crippen LogP contribution in [0.15, 0.2) is 66.7 Å². The van der Waals surface area contributed by atoms with Gasteiger partial charge in [-0.3, -0.25) is 9.59 Å². The van der Waals surface area contributed by atoms with E-state index in [0.717, 1.165) is 18.2 Å². The molecule has 0 atom stereocenters. The van der Waals surface area contributed by atoms with Crippen molar-refractivity contribution in [2.75, 3.05) is 17.2 Å². The minimum Gasteiger partial charge on any atom is -0.376 e. The lowest BCUT2D eigenvalue weighted by Crippen LogP contribution is -2.24. The van der Waals surface area contributed by atoms with E-state index in [1.165, 1.54) is 6.07 Å². The molecule has 0 aliphatic rings. The average molecular weight is 413 g/mol. The molecule has 0 saturated carbocycles. The molecule has 3 aromatic rings. The van der Waals surface area contributed by atoms with Crippen LogP contribution in [0.25, 0.3) is 0 Å². The van der Waals surface area contributed by atoms with Crippen LogP contribution in [-0.4, -0.2) is 18.4 Å². The van der Waals surface area contributed by atoms with Crippen molar-refractivity contribution in [1.29, 1.82) is 0 Å². The number of benzene rings is 3. The van der Waals surface area contributed by atoms with Gasteiger partial charge in [0.15, 0.2) is 0 Å². The molecule has 5 nitrogen and oxygen atoms in total. The summed E-state index contributed by atoms with van der Waals surface area (Å²) in [6, 6.07) is 15.2. The van der Waals surface area contributed by atoms with Crippen molar-refractivity contribution in [3.8, 4) is 0 Å². The lowest BCUT2D eigenvalue weighted by Gasteiger charge is -2.10. The van der Waals surface area contributed by atoms with Crippen LogP contribution in [0, 0.1) is 17.5 Å². The number of hydrogen-bond acceptors (Lipinski definition) is 3. The fourth-order valence-corrected chi connectivity index (χ4v) is 2.63. The number of anilines is 2. The SMILES string of the molecule is O=C(CNc1ccc(C(=O)NCc2ccccc2F)cc1)Nc1cc(F)ccc1F. The highest BCUT2D eigenvalue weighted by Gasteiger charge is 2.10. The Balaban J connectivity index is 1.50. The minimum atomic E-state index is -0.740. The molecule has 0 saturated heterocycles. The van der Waals surface area contributed by atoms with E-state index in [4.69, 9.17) is 0 Å². The number of carbonyl (C=O) groups excluding carboxylic acids is 2. The number of carbonyl (C=O) groups is 2. The molecule has 0 radical (unpaired) electrons. The van der Waals surface area contributed by atoms with Crippen molar-refractivity contribution in [2.45, 2.75) is 6.54 Å². The summed E-state index contributed by atoms with van der Waals surface area (Å²) in [4.78, 5) is 24.1. The third-order valence-electron chi connectivity index (χ3n) is 4.20. The van der Waals surface area contributed by atoms with Gasteiger partial charge in [-0.25, -0.2) is 13.2 Å². The van der Waals surface area contributed by atoms with Crippen molar-refractivity contribution in [1.82, 2.24) is 5.32 Å². The summed E-state index contributed by atoms with van der Waals surface area (Å²) in [6.45, 7) is -0.128. The van der Waals surface area contributed by atoms with E-state index in [0.29, 0.717) is 16.8 Å². The lowest BCUT2D eigenvalue weighted by atomic mass is 10.1. The maximum Gasteiger partial charge on any atom is 0.251 e. The van der Waals surface area contributed by atoms with Gasteiger partial charge in [-0.2, -0.15) is 0 Å². The van der Waals surface area contributed by atoms with Gasteiger partial charge in [-0.05, 0) is 42.5 Å². The van der Waals surface area contributed by atoms with E-state index in [2.05, 4.69) is 16.0 Å². The molecule has 2 amide bonds. The van der Waals surface area contributed by atoms with Gasteiger partial charge in [-0.1, -0.05) is 18.2 Å². The summed E-state index contributed by atoms with van der Waals surface area (Å²) in [7, 11) is 0. The molecule has 0 spiro atoms. The summed E-state index contributed by atoms with van der Waals surface area (Å²) >= 11 is 0. The Morgan fingerprint density at radius 1 is 0.833 bits per heavy atom. The van der Waals surface area contributed by atoms with Crippen LogP contribution in [0.5, 0.6) is 0 Å². The first-order chi connectivity index (χ1) is 14.4. The van der Waals surface area contributed by atoms with Crippen molar-refractivity contribution in [3.05, 3.63) is 95.3 Å². The molecule has 0 unspecified atom stereocenters. The summed E-state index contributed by atoms with van der Waals surface area (Å²) in [5.41, 5.74) is 1.05. The zero-order chi connectivity index (χ0) is 21.5. The molecule has 3 N–H and O–H groups in total. The Kier molecular flexibility index (Phi) is 6.69. The Hall–Kier alpha value is -3.81. The number of halogens is 3. The molecule has 0 aliphatic carbocycles. The molecule has 0 fully saturated rings. The summed E-state index contributed by atoms with van der Waals surface area (Å²) in [5, 5.41) is 7.73. The fourth-order valence-electron chi connectivity index (χ4n) is 2.63. The summed E-state index contributed by atoms with van der Waals surface area (Å²) in [6.07, 6.45) is 0. The molecule has 0 aromatic heterocycles. The monoisotopic (exact) mass is 413 g/mol. The Morgan fingerprint density at radius 3 is 2.30 bits per heavy atom. The van der Waals surface area contributed by atoms with Gasteiger partial charge < -0.3 is 16.0 Å². The molecular formula is C22H18F3N3O2. The maximum absolute atomic E-state index is 13.6. The Bertz CT molecular complexity index is 1060. The Morgan fingerprint density at radius 2 is 1.57 bits per heavy atom. The highest BCUT2D eigenvalue weighted by Crippen LogP contribution is 2.15.